The number of aliphatic hydroxyl groups is 1. The smallest absolute Gasteiger partial charge is 0.337 e. The van der Waals surface area contributed by atoms with Crippen molar-refractivity contribution in [2.75, 3.05) is 19.7 Å². The van der Waals surface area contributed by atoms with E-state index in [9.17, 15) is 9.90 Å². The Kier molecular flexibility index (Phi) is 9.68. The Labute approximate surface area is 176 Å². The minimum absolute atomic E-state index is 0.285. The third kappa shape index (κ3) is 5.83. The van der Waals surface area contributed by atoms with Crippen LogP contribution in [0.15, 0.2) is 41.6 Å². The van der Waals surface area contributed by atoms with Gasteiger partial charge in [0, 0.05) is 18.8 Å². The topological polar surface area (TPSA) is 53.0 Å². The van der Waals surface area contributed by atoms with E-state index in [4.69, 9.17) is 4.74 Å². The second kappa shape index (κ2) is 12.0. The third-order valence-electron chi connectivity index (χ3n) is 5.63. The summed E-state index contributed by atoms with van der Waals surface area (Å²) in [5.41, 5.74) is 2.49. The molecule has 0 aliphatic carbocycles. The Bertz CT molecular complexity index is 659. The summed E-state index contributed by atoms with van der Waals surface area (Å²) in [6.45, 7) is 9.92. The zero-order valence-corrected chi connectivity index (χ0v) is 18.6. The molecule has 0 amide bonds. The van der Waals surface area contributed by atoms with Gasteiger partial charge in [0.05, 0.1) is 18.2 Å². The minimum Gasteiger partial charge on any atom is -0.463 e. The fraction of sp³-hybridized carbons (Fsp3) is 0.625. The normalized spacial score (nSPS) is 20.2. The number of allylic oxidation sites excluding steroid dienone is 1. The van der Waals surface area contributed by atoms with Crippen LogP contribution in [0.4, 0.5) is 0 Å². The van der Waals surface area contributed by atoms with E-state index < -0.39 is 6.35 Å². The molecule has 1 aromatic carbocycles. The highest BCUT2D eigenvalue weighted by atomic mass is 16.5. The SMILES string of the molecule is CCCCCN1C(C)=C(C(=O)OCC)C(c2ccccc2)N(CCCCC)C1O. The lowest BCUT2D eigenvalue weighted by Crippen LogP contribution is -2.55. The predicted octanol–water partition coefficient (Wildman–Crippen LogP) is 4.84. The maximum Gasteiger partial charge on any atom is 0.337 e. The molecule has 1 heterocycles. The lowest BCUT2D eigenvalue weighted by Gasteiger charge is -2.47. The molecule has 0 saturated carbocycles. The van der Waals surface area contributed by atoms with Crippen molar-refractivity contribution < 1.29 is 14.6 Å². The average Bonchev–Trinajstić information content (AvgIpc) is 2.72. The first-order valence-electron chi connectivity index (χ1n) is 11.2. The number of rotatable bonds is 11. The van der Waals surface area contributed by atoms with Crippen molar-refractivity contribution in [1.82, 2.24) is 9.80 Å². The number of aliphatic hydroxyl groups excluding tert-OH is 1. The van der Waals surface area contributed by atoms with Gasteiger partial charge in [-0.1, -0.05) is 69.9 Å². The van der Waals surface area contributed by atoms with Crippen molar-refractivity contribution in [2.24, 2.45) is 0 Å². The van der Waals surface area contributed by atoms with Crippen LogP contribution in [0.3, 0.4) is 0 Å². The van der Waals surface area contributed by atoms with Gasteiger partial charge in [0.2, 0.25) is 0 Å². The summed E-state index contributed by atoms with van der Waals surface area (Å²) < 4.78 is 5.45. The molecule has 0 fully saturated rings. The molecule has 5 nitrogen and oxygen atoms in total. The molecule has 0 aromatic heterocycles. The van der Waals surface area contributed by atoms with Gasteiger partial charge in [-0.15, -0.1) is 0 Å². The van der Waals surface area contributed by atoms with Gasteiger partial charge in [-0.2, -0.15) is 0 Å². The highest BCUT2D eigenvalue weighted by Crippen LogP contribution is 2.39. The standard InChI is InChI=1S/C24H38N2O3/c1-5-8-13-17-25-19(4)21(23(27)29-7-3)22(20-15-11-10-12-16-20)26(24(25)28)18-14-9-6-2/h10-12,15-16,22,24,28H,5-9,13-14,17-18H2,1-4H3. The third-order valence-corrected chi connectivity index (χ3v) is 5.63. The Morgan fingerprint density at radius 2 is 1.62 bits per heavy atom. The van der Waals surface area contributed by atoms with Crippen LogP contribution >= 0.6 is 0 Å². The monoisotopic (exact) mass is 402 g/mol. The van der Waals surface area contributed by atoms with Crippen LogP contribution < -0.4 is 0 Å². The summed E-state index contributed by atoms with van der Waals surface area (Å²) in [5.74, 6) is -0.285. The molecule has 162 valence electrons. The molecule has 29 heavy (non-hydrogen) atoms. The van der Waals surface area contributed by atoms with Gasteiger partial charge in [0.1, 0.15) is 0 Å². The fourth-order valence-electron chi connectivity index (χ4n) is 4.07. The molecule has 1 N–H and O–H groups in total. The van der Waals surface area contributed by atoms with Gasteiger partial charge >= 0.3 is 5.97 Å². The maximum absolute atomic E-state index is 13.0. The Balaban J connectivity index is 2.50. The molecule has 1 aliphatic rings. The number of benzene rings is 1. The lowest BCUT2D eigenvalue weighted by atomic mass is 9.92. The molecule has 2 atom stereocenters. The second-order valence-corrected chi connectivity index (χ2v) is 7.72. The van der Waals surface area contributed by atoms with E-state index in [1.807, 2.05) is 49.1 Å². The van der Waals surface area contributed by atoms with E-state index in [-0.39, 0.29) is 12.0 Å². The van der Waals surface area contributed by atoms with Gasteiger partial charge < -0.3 is 14.7 Å². The molecule has 2 rings (SSSR count). The molecule has 0 saturated heterocycles. The van der Waals surface area contributed by atoms with Crippen molar-refractivity contribution in [2.45, 2.75) is 78.6 Å². The van der Waals surface area contributed by atoms with Crippen molar-refractivity contribution >= 4 is 5.97 Å². The molecule has 0 radical (unpaired) electrons. The summed E-state index contributed by atoms with van der Waals surface area (Å²) in [4.78, 5) is 17.1. The molecule has 5 heteroatoms. The summed E-state index contributed by atoms with van der Waals surface area (Å²) in [5, 5.41) is 11.3. The fourth-order valence-corrected chi connectivity index (χ4v) is 4.07. The quantitative estimate of drug-likeness (QED) is 0.424. The number of nitrogens with zero attached hydrogens (tertiary/aromatic N) is 2. The predicted molar refractivity (Wildman–Crippen MR) is 117 cm³/mol. The van der Waals surface area contributed by atoms with Crippen LogP contribution in [0.1, 0.15) is 77.8 Å². The molecular weight excluding hydrogens is 364 g/mol. The minimum atomic E-state index is -0.743. The van der Waals surface area contributed by atoms with Crippen LogP contribution in [0, 0.1) is 0 Å². The highest BCUT2D eigenvalue weighted by Gasteiger charge is 2.41. The average molecular weight is 403 g/mol. The first kappa shape index (κ1) is 23.4. The van der Waals surface area contributed by atoms with Crippen molar-refractivity contribution in [3.8, 4) is 0 Å². The largest absolute Gasteiger partial charge is 0.463 e. The van der Waals surface area contributed by atoms with Gasteiger partial charge in [-0.25, -0.2) is 9.69 Å². The van der Waals surface area contributed by atoms with Gasteiger partial charge in [0.25, 0.3) is 0 Å². The van der Waals surface area contributed by atoms with Gasteiger partial charge in [0.15, 0.2) is 6.35 Å². The van der Waals surface area contributed by atoms with E-state index in [2.05, 4.69) is 18.7 Å². The van der Waals surface area contributed by atoms with E-state index in [0.29, 0.717) is 12.2 Å². The molecule has 0 spiro atoms. The number of carbonyl (C=O) groups excluding carboxylic acids is 1. The number of unbranched alkanes of at least 4 members (excludes halogenated alkanes) is 4. The molecule has 0 bridgehead atoms. The molecule has 2 unspecified atom stereocenters. The van der Waals surface area contributed by atoms with E-state index in [1.54, 1.807) is 0 Å². The number of hydrogen-bond acceptors (Lipinski definition) is 5. The Morgan fingerprint density at radius 1 is 1.00 bits per heavy atom. The lowest BCUT2D eigenvalue weighted by molar-refractivity contribution is -0.148. The van der Waals surface area contributed by atoms with Crippen molar-refractivity contribution in [1.29, 1.82) is 0 Å². The number of esters is 1. The summed E-state index contributed by atoms with van der Waals surface area (Å²) >= 11 is 0. The number of ether oxygens (including phenoxy) is 1. The van der Waals surface area contributed by atoms with E-state index in [0.717, 1.165) is 62.9 Å². The Hall–Kier alpha value is -1.85. The number of hydrogen-bond donors (Lipinski definition) is 1. The molecular formula is C24H38N2O3. The summed E-state index contributed by atoms with van der Waals surface area (Å²) in [6, 6.07) is 9.70. The van der Waals surface area contributed by atoms with Crippen LogP contribution in [0.25, 0.3) is 0 Å². The van der Waals surface area contributed by atoms with Crippen LogP contribution in [-0.2, 0) is 9.53 Å². The van der Waals surface area contributed by atoms with E-state index >= 15 is 0 Å². The van der Waals surface area contributed by atoms with Crippen LogP contribution in [-0.4, -0.2) is 46.9 Å². The van der Waals surface area contributed by atoms with Gasteiger partial charge in [-0.05, 0) is 32.3 Å². The van der Waals surface area contributed by atoms with E-state index in [1.165, 1.54) is 0 Å². The van der Waals surface area contributed by atoms with Crippen molar-refractivity contribution in [3.05, 3.63) is 47.2 Å². The van der Waals surface area contributed by atoms with Gasteiger partial charge in [-0.3, -0.25) is 0 Å². The number of carbonyl (C=O) groups is 1. The van der Waals surface area contributed by atoms with Crippen molar-refractivity contribution in [3.63, 3.8) is 0 Å². The summed E-state index contributed by atoms with van der Waals surface area (Å²) in [7, 11) is 0. The zero-order chi connectivity index (χ0) is 21.2. The first-order valence-corrected chi connectivity index (χ1v) is 11.2. The Morgan fingerprint density at radius 3 is 2.21 bits per heavy atom. The second-order valence-electron chi connectivity index (χ2n) is 7.72. The first-order chi connectivity index (χ1) is 14.1. The molecule has 1 aromatic rings. The van der Waals surface area contributed by atoms with Crippen LogP contribution in [0.2, 0.25) is 0 Å². The molecule has 1 aliphatic heterocycles. The zero-order valence-electron chi connectivity index (χ0n) is 18.6. The van der Waals surface area contributed by atoms with Crippen LogP contribution in [0.5, 0.6) is 0 Å². The maximum atomic E-state index is 13.0. The summed E-state index contributed by atoms with van der Waals surface area (Å²) in [6.07, 6.45) is 5.65. The highest BCUT2D eigenvalue weighted by molar-refractivity contribution is 5.91.